The van der Waals surface area contributed by atoms with E-state index >= 15 is 0 Å². The average Bonchev–Trinajstić information content (AvgIpc) is 2.86. The van der Waals surface area contributed by atoms with Crippen LogP contribution in [0.4, 0.5) is 0 Å². The third-order valence-corrected chi connectivity index (χ3v) is 3.11. The first-order chi connectivity index (χ1) is 9.03. The molecule has 1 aromatic rings. The molecule has 2 N–H and O–H groups in total. The largest absolute Gasteiger partial charge is 0.481 e. The van der Waals surface area contributed by atoms with Crippen LogP contribution < -0.4 is 0 Å². The Morgan fingerprint density at radius 1 is 1.16 bits per heavy atom. The molecule has 5 nitrogen and oxygen atoms in total. The molecule has 0 saturated heterocycles. The van der Waals surface area contributed by atoms with Gasteiger partial charge in [-0.3, -0.25) is 9.79 Å². The van der Waals surface area contributed by atoms with Crippen molar-refractivity contribution in [3.63, 3.8) is 0 Å². The molecule has 0 aromatic heterocycles. The van der Waals surface area contributed by atoms with Gasteiger partial charge in [0, 0.05) is 12.6 Å². The summed E-state index contributed by atoms with van der Waals surface area (Å²) in [4.78, 5) is 25.9. The van der Waals surface area contributed by atoms with Crippen molar-refractivity contribution in [1.82, 2.24) is 0 Å². The van der Waals surface area contributed by atoms with Crippen LogP contribution in [0.2, 0.25) is 0 Å². The van der Waals surface area contributed by atoms with Crippen molar-refractivity contribution in [3.8, 4) is 0 Å². The van der Waals surface area contributed by atoms with Gasteiger partial charge in [-0.05, 0) is 30.2 Å². The quantitative estimate of drug-likeness (QED) is 0.847. The Hall–Kier alpha value is -2.43. The molecule has 19 heavy (non-hydrogen) atoms. The highest BCUT2D eigenvalue weighted by atomic mass is 16.4. The van der Waals surface area contributed by atoms with Gasteiger partial charge in [-0.15, -0.1) is 0 Å². The number of benzene rings is 1. The Morgan fingerprint density at radius 3 is 2.32 bits per heavy atom. The van der Waals surface area contributed by atoms with Crippen LogP contribution in [-0.2, 0) is 10.3 Å². The average molecular weight is 259 g/mol. The van der Waals surface area contributed by atoms with Crippen molar-refractivity contribution >= 4 is 18.2 Å². The molecule has 98 valence electrons. The maximum atomic E-state index is 10.8. The zero-order valence-electron chi connectivity index (χ0n) is 10.1. The molecule has 1 aliphatic rings. The third kappa shape index (κ3) is 2.70. The molecule has 0 saturated carbocycles. The lowest BCUT2D eigenvalue weighted by Crippen LogP contribution is -2.20. The first kappa shape index (κ1) is 13.0. The molecule has 2 rings (SSSR count). The minimum atomic E-state index is -0.989. The standard InChI is InChI=1S/C14H13NO4/c16-12(17)6-8-14(7-1-9-15-14)11-4-2-10(3-5-11)13(18)19/h1-5,7,9H,6,8H2,(H,16,17)(H,18,19). The van der Waals surface area contributed by atoms with Gasteiger partial charge < -0.3 is 10.2 Å². The number of carbonyl (C=O) groups is 2. The van der Waals surface area contributed by atoms with Gasteiger partial charge in [-0.25, -0.2) is 4.79 Å². The number of aliphatic imine (C=N–C) groups is 1. The first-order valence-electron chi connectivity index (χ1n) is 5.82. The molecule has 0 aliphatic carbocycles. The van der Waals surface area contributed by atoms with Gasteiger partial charge in [-0.2, -0.15) is 0 Å². The summed E-state index contributed by atoms with van der Waals surface area (Å²) >= 11 is 0. The highest BCUT2D eigenvalue weighted by Crippen LogP contribution is 2.35. The minimum Gasteiger partial charge on any atom is -0.481 e. The van der Waals surface area contributed by atoms with Gasteiger partial charge in [0.2, 0.25) is 0 Å². The zero-order valence-corrected chi connectivity index (χ0v) is 10.1. The van der Waals surface area contributed by atoms with E-state index in [1.165, 1.54) is 12.1 Å². The summed E-state index contributed by atoms with van der Waals surface area (Å²) in [6.07, 6.45) is 5.59. The van der Waals surface area contributed by atoms with Crippen LogP contribution >= 0.6 is 0 Å². The van der Waals surface area contributed by atoms with Crippen molar-refractivity contribution in [3.05, 3.63) is 47.5 Å². The predicted molar refractivity (Wildman–Crippen MR) is 69.6 cm³/mol. The lowest BCUT2D eigenvalue weighted by molar-refractivity contribution is -0.137. The van der Waals surface area contributed by atoms with Crippen LogP contribution in [0.25, 0.3) is 0 Å². The Labute approximate surface area is 109 Å². The van der Waals surface area contributed by atoms with Crippen LogP contribution in [0.5, 0.6) is 0 Å². The second-order valence-electron chi connectivity index (χ2n) is 4.34. The number of carboxylic acids is 2. The van der Waals surface area contributed by atoms with E-state index in [0.29, 0.717) is 6.42 Å². The van der Waals surface area contributed by atoms with Gasteiger partial charge >= 0.3 is 11.9 Å². The van der Waals surface area contributed by atoms with Gasteiger partial charge in [0.1, 0.15) is 5.54 Å². The number of nitrogens with zero attached hydrogens (tertiary/aromatic N) is 1. The van der Waals surface area contributed by atoms with Crippen molar-refractivity contribution in [2.45, 2.75) is 18.4 Å². The normalized spacial score (nSPS) is 20.6. The predicted octanol–water partition coefficient (Wildman–Crippen LogP) is 2.09. The van der Waals surface area contributed by atoms with E-state index in [1.807, 2.05) is 6.08 Å². The molecule has 5 heteroatoms. The molecule has 0 amide bonds. The fourth-order valence-corrected chi connectivity index (χ4v) is 2.08. The van der Waals surface area contributed by atoms with Crippen LogP contribution in [0.15, 0.2) is 41.4 Å². The molecule has 1 heterocycles. The lowest BCUT2D eigenvalue weighted by Gasteiger charge is -2.24. The molecule has 1 aliphatic heterocycles. The van der Waals surface area contributed by atoms with E-state index in [1.54, 1.807) is 24.4 Å². The third-order valence-electron chi connectivity index (χ3n) is 3.11. The Kier molecular flexibility index (Phi) is 3.46. The fraction of sp³-hybridized carbons (Fsp3) is 0.214. The molecule has 1 unspecified atom stereocenters. The highest BCUT2D eigenvalue weighted by molar-refractivity contribution is 5.87. The molecular formula is C14H13NO4. The van der Waals surface area contributed by atoms with Crippen molar-refractivity contribution in [2.75, 3.05) is 0 Å². The number of hydrogen-bond acceptors (Lipinski definition) is 3. The van der Waals surface area contributed by atoms with Crippen molar-refractivity contribution < 1.29 is 19.8 Å². The van der Waals surface area contributed by atoms with Crippen LogP contribution in [0.1, 0.15) is 28.8 Å². The van der Waals surface area contributed by atoms with Gasteiger partial charge in [-0.1, -0.05) is 18.2 Å². The number of hydrogen-bond donors (Lipinski definition) is 2. The SMILES string of the molecule is O=C(O)CCC1(c2ccc(C(=O)O)cc2)C=CC=N1. The highest BCUT2D eigenvalue weighted by Gasteiger charge is 2.30. The van der Waals surface area contributed by atoms with Gasteiger partial charge in [0.25, 0.3) is 0 Å². The van der Waals surface area contributed by atoms with Gasteiger partial charge in [0.15, 0.2) is 0 Å². The van der Waals surface area contributed by atoms with E-state index in [2.05, 4.69) is 4.99 Å². The monoisotopic (exact) mass is 259 g/mol. The number of carboxylic acid groups (broad SMARTS) is 2. The van der Waals surface area contributed by atoms with Crippen LogP contribution in [0.3, 0.4) is 0 Å². The maximum absolute atomic E-state index is 10.8. The summed E-state index contributed by atoms with van der Waals surface area (Å²) in [6.45, 7) is 0. The number of aliphatic carboxylic acids is 1. The van der Waals surface area contributed by atoms with Crippen molar-refractivity contribution in [2.24, 2.45) is 4.99 Å². The van der Waals surface area contributed by atoms with Crippen LogP contribution in [-0.4, -0.2) is 28.4 Å². The number of aromatic carboxylic acids is 1. The summed E-state index contributed by atoms with van der Waals surface area (Å²) in [5.74, 6) is -1.87. The molecule has 1 aromatic carbocycles. The Balaban J connectivity index is 2.29. The molecule has 0 radical (unpaired) electrons. The molecule has 0 bridgehead atoms. The van der Waals surface area contributed by atoms with E-state index < -0.39 is 17.5 Å². The second-order valence-corrected chi connectivity index (χ2v) is 4.34. The first-order valence-corrected chi connectivity index (χ1v) is 5.82. The van der Waals surface area contributed by atoms with E-state index in [9.17, 15) is 9.59 Å². The zero-order chi connectivity index (χ0) is 13.9. The van der Waals surface area contributed by atoms with E-state index in [-0.39, 0.29) is 12.0 Å². The molecule has 0 spiro atoms. The van der Waals surface area contributed by atoms with E-state index in [0.717, 1.165) is 5.56 Å². The van der Waals surface area contributed by atoms with Crippen molar-refractivity contribution in [1.29, 1.82) is 0 Å². The molecular weight excluding hydrogens is 246 g/mol. The summed E-state index contributed by atoms with van der Waals surface area (Å²) in [5.41, 5.74) is 0.307. The fourth-order valence-electron chi connectivity index (χ4n) is 2.08. The summed E-state index contributed by atoms with van der Waals surface area (Å²) in [5, 5.41) is 17.7. The molecule has 0 fully saturated rings. The summed E-state index contributed by atoms with van der Waals surface area (Å²) in [6, 6.07) is 6.36. The Morgan fingerprint density at radius 2 is 1.84 bits per heavy atom. The number of allylic oxidation sites excluding steroid dienone is 1. The van der Waals surface area contributed by atoms with Crippen LogP contribution in [0, 0.1) is 0 Å². The summed E-state index contributed by atoms with van der Waals surface area (Å²) in [7, 11) is 0. The minimum absolute atomic E-state index is 0.00234. The number of rotatable bonds is 5. The maximum Gasteiger partial charge on any atom is 0.335 e. The lowest BCUT2D eigenvalue weighted by atomic mass is 9.86. The smallest absolute Gasteiger partial charge is 0.335 e. The van der Waals surface area contributed by atoms with Gasteiger partial charge in [0.05, 0.1) is 5.56 Å². The molecule has 1 atom stereocenters. The topological polar surface area (TPSA) is 87.0 Å². The Bertz CT molecular complexity index is 545. The second kappa shape index (κ2) is 5.06. The summed E-state index contributed by atoms with van der Waals surface area (Å²) < 4.78 is 0. The van der Waals surface area contributed by atoms with E-state index in [4.69, 9.17) is 10.2 Å².